The SMILES string of the molecule is CCCNc1nc(Sc2nc(C)ns2)c(F)cc1F. The smallest absolute Gasteiger partial charge is 0.176 e. The first kappa shape index (κ1) is 14.1. The second-order valence-corrected chi connectivity index (χ2v) is 5.73. The zero-order valence-corrected chi connectivity index (χ0v) is 12.0. The van der Waals surface area contributed by atoms with Crippen molar-refractivity contribution in [1.82, 2.24) is 14.3 Å². The van der Waals surface area contributed by atoms with E-state index >= 15 is 0 Å². The van der Waals surface area contributed by atoms with E-state index < -0.39 is 11.6 Å². The van der Waals surface area contributed by atoms with Crippen molar-refractivity contribution >= 4 is 29.1 Å². The summed E-state index contributed by atoms with van der Waals surface area (Å²) in [5.74, 6) is -0.701. The van der Waals surface area contributed by atoms with Crippen LogP contribution < -0.4 is 5.32 Å². The number of nitrogens with zero attached hydrogens (tertiary/aromatic N) is 3. The van der Waals surface area contributed by atoms with Crippen LogP contribution in [0, 0.1) is 18.6 Å². The van der Waals surface area contributed by atoms with Crippen LogP contribution in [0.15, 0.2) is 15.4 Å². The molecule has 2 aromatic rings. The first-order valence-electron chi connectivity index (χ1n) is 5.68. The van der Waals surface area contributed by atoms with Crippen LogP contribution in [0.4, 0.5) is 14.6 Å². The fourth-order valence-electron chi connectivity index (χ4n) is 1.29. The lowest BCUT2D eigenvalue weighted by Crippen LogP contribution is -2.06. The van der Waals surface area contributed by atoms with Crippen molar-refractivity contribution in [1.29, 1.82) is 0 Å². The topological polar surface area (TPSA) is 50.7 Å². The third-order valence-corrected chi connectivity index (χ3v) is 3.95. The Morgan fingerprint density at radius 1 is 1.32 bits per heavy atom. The number of aryl methyl sites for hydroxylation is 1. The maximum atomic E-state index is 13.7. The highest BCUT2D eigenvalue weighted by atomic mass is 32.2. The van der Waals surface area contributed by atoms with Gasteiger partial charge in [-0.25, -0.2) is 18.7 Å². The minimum absolute atomic E-state index is 0.0620. The molecule has 2 heterocycles. The number of anilines is 1. The molecule has 102 valence electrons. The number of rotatable bonds is 5. The molecule has 0 unspecified atom stereocenters. The summed E-state index contributed by atoms with van der Waals surface area (Å²) in [5.41, 5.74) is 0. The summed E-state index contributed by atoms with van der Waals surface area (Å²) in [7, 11) is 0. The van der Waals surface area contributed by atoms with E-state index in [0.29, 0.717) is 16.7 Å². The van der Waals surface area contributed by atoms with E-state index in [1.165, 1.54) is 0 Å². The first-order valence-corrected chi connectivity index (χ1v) is 7.27. The second kappa shape index (κ2) is 6.25. The number of halogens is 2. The van der Waals surface area contributed by atoms with Crippen molar-refractivity contribution in [2.24, 2.45) is 0 Å². The predicted molar refractivity (Wildman–Crippen MR) is 71.7 cm³/mol. The molecule has 0 aliphatic carbocycles. The van der Waals surface area contributed by atoms with E-state index in [9.17, 15) is 8.78 Å². The van der Waals surface area contributed by atoms with Gasteiger partial charge in [0.15, 0.2) is 21.8 Å². The Morgan fingerprint density at radius 3 is 2.74 bits per heavy atom. The molecular weight excluding hydrogens is 290 g/mol. The van der Waals surface area contributed by atoms with Crippen LogP contribution in [0.1, 0.15) is 19.2 Å². The maximum Gasteiger partial charge on any atom is 0.176 e. The molecule has 0 aromatic carbocycles. The summed E-state index contributed by atoms with van der Waals surface area (Å²) in [6.45, 7) is 4.29. The van der Waals surface area contributed by atoms with E-state index in [2.05, 4.69) is 19.7 Å². The van der Waals surface area contributed by atoms with Crippen molar-refractivity contribution in [3.8, 4) is 0 Å². The van der Waals surface area contributed by atoms with E-state index in [-0.39, 0.29) is 10.8 Å². The number of aromatic nitrogens is 3. The van der Waals surface area contributed by atoms with Crippen molar-refractivity contribution in [3.05, 3.63) is 23.5 Å². The Kier molecular flexibility index (Phi) is 4.65. The lowest BCUT2D eigenvalue weighted by atomic mass is 10.4. The lowest BCUT2D eigenvalue weighted by molar-refractivity contribution is 0.551. The molecule has 0 bridgehead atoms. The van der Waals surface area contributed by atoms with Crippen molar-refractivity contribution < 1.29 is 8.78 Å². The van der Waals surface area contributed by atoms with Crippen LogP contribution in [0.3, 0.4) is 0 Å². The molecule has 0 saturated heterocycles. The molecule has 1 N–H and O–H groups in total. The second-order valence-electron chi connectivity index (χ2n) is 3.74. The summed E-state index contributed by atoms with van der Waals surface area (Å²) < 4.78 is 31.7. The lowest BCUT2D eigenvalue weighted by Gasteiger charge is -2.07. The van der Waals surface area contributed by atoms with Gasteiger partial charge in [0.1, 0.15) is 10.9 Å². The average molecular weight is 302 g/mol. The van der Waals surface area contributed by atoms with Gasteiger partial charge in [0.25, 0.3) is 0 Å². The Morgan fingerprint density at radius 2 is 2.11 bits per heavy atom. The number of hydrogen-bond donors (Lipinski definition) is 1. The molecule has 0 aliphatic heterocycles. The summed E-state index contributed by atoms with van der Waals surface area (Å²) in [5, 5.41) is 2.92. The molecule has 0 aliphatic rings. The Labute approximate surface area is 117 Å². The van der Waals surface area contributed by atoms with E-state index in [0.717, 1.165) is 35.8 Å². The highest BCUT2D eigenvalue weighted by Crippen LogP contribution is 2.31. The van der Waals surface area contributed by atoms with Crippen LogP contribution in [-0.4, -0.2) is 20.9 Å². The molecule has 0 amide bonds. The average Bonchev–Trinajstić information content (AvgIpc) is 2.77. The van der Waals surface area contributed by atoms with Gasteiger partial charge in [-0.1, -0.05) is 6.92 Å². The normalized spacial score (nSPS) is 10.7. The fourth-order valence-corrected chi connectivity index (χ4v) is 2.85. The molecule has 8 heteroatoms. The Balaban J connectivity index is 2.24. The van der Waals surface area contributed by atoms with Crippen molar-refractivity contribution in [2.75, 3.05) is 11.9 Å². The molecule has 0 saturated carbocycles. The standard InChI is InChI=1S/C11H12F2N4S2/c1-3-4-14-9-7(12)5-8(13)10(16-9)18-11-15-6(2)17-19-11/h5H,3-4H2,1-2H3,(H,14,16). The minimum atomic E-state index is -0.697. The van der Waals surface area contributed by atoms with Crippen LogP contribution >= 0.6 is 23.3 Å². The summed E-state index contributed by atoms with van der Waals surface area (Å²) in [6.07, 6.45) is 0.830. The molecule has 0 fully saturated rings. The summed E-state index contributed by atoms with van der Waals surface area (Å²) in [4.78, 5) is 8.07. The van der Waals surface area contributed by atoms with Gasteiger partial charge in [-0.05, 0) is 36.6 Å². The van der Waals surface area contributed by atoms with Gasteiger partial charge in [0, 0.05) is 12.6 Å². The van der Waals surface area contributed by atoms with Gasteiger partial charge in [0.05, 0.1) is 0 Å². The molecule has 19 heavy (non-hydrogen) atoms. The van der Waals surface area contributed by atoms with Gasteiger partial charge in [-0.15, -0.1) is 0 Å². The molecular formula is C11H12F2N4S2. The minimum Gasteiger partial charge on any atom is -0.368 e. The first-order chi connectivity index (χ1) is 9.10. The molecule has 2 aromatic heterocycles. The van der Waals surface area contributed by atoms with Crippen LogP contribution in [-0.2, 0) is 0 Å². The molecule has 0 atom stereocenters. The van der Waals surface area contributed by atoms with Gasteiger partial charge < -0.3 is 5.32 Å². The van der Waals surface area contributed by atoms with Crippen LogP contribution in [0.25, 0.3) is 0 Å². The summed E-state index contributed by atoms with van der Waals surface area (Å²) in [6, 6.07) is 0.835. The zero-order valence-electron chi connectivity index (χ0n) is 10.4. The van der Waals surface area contributed by atoms with E-state index in [1.807, 2.05) is 6.92 Å². The molecule has 2 rings (SSSR count). The predicted octanol–water partition coefficient (Wildman–Crippen LogP) is 3.49. The highest BCUT2D eigenvalue weighted by molar-refractivity contribution is 8.00. The Hall–Kier alpha value is -1.28. The monoisotopic (exact) mass is 302 g/mol. The van der Waals surface area contributed by atoms with Crippen LogP contribution in [0.5, 0.6) is 0 Å². The van der Waals surface area contributed by atoms with E-state index in [4.69, 9.17) is 0 Å². The number of pyridine rings is 1. The molecule has 0 spiro atoms. The Bertz CT molecular complexity index is 574. The van der Waals surface area contributed by atoms with Gasteiger partial charge in [-0.2, -0.15) is 4.37 Å². The largest absolute Gasteiger partial charge is 0.368 e. The third-order valence-electron chi connectivity index (χ3n) is 2.13. The quantitative estimate of drug-likeness (QED) is 0.916. The van der Waals surface area contributed by atoms with Gasteiger partial charge >= 0.3 is 0 Å². The highest BCUT2D eigenvalue weighted by Gasteiger charge is 2.14. The van der Waals surface area contributed by atoms with Crippen LogP contribution in [0.2, 0.25) is 0 Å². The fraction of sp³-hybridized carbons (Fsp3) is 0.364. The van der Waals surface area contributed by atoms with Crippen molar-refractivity contribution in [3.63, 3.8) is 0 Å². The molecule has 0 radical (unpaired) electrons. The van der Waals surface area contributed by atoms with E-state index in [1.54, 1.807) is 6.92 Å². The zero-order chi connectivity index (χ0) is 13.8. The summed E-state index contributed by atoms with van der Waals surface area (Å²) >= 11 is 2.21. The number of hydrogen-bond acceptors (Lipinski definition) is 6. The number of nitrogens with one attached hydrogen (secondary N) is 1. The third kappa shape index (κ3) is 3.60. The maximum absolute atomic E-state index is 13.7. The van der Waals surface area contributed by atoms with Gasteiger partial charge in [-0.3, -0.25) is 0 Å². The van der Waals surface area contributed by atoms with Gasteiger partial charge in [0.2, 0.25) is 0 Å². The van der Waals surface area contributed by atoms with Crippen molar-refractivity contribution in [2.45, 2.75) is 29.6 Å². The molecule has 4 nitrogen and oxygen atoms in total.